The van der Waals surface area contributed by atoms with Crippen LogP contribution in [0.5, 0.6) is 0 Å². The van der Waals surface area contributed by atoms with Gasteiger partial charge in [-0.2, -0.15) is 0 Å². The average molecular weight is 592 g/mol. The molecule has 0 bridgehead atoms. The van der Waals surface area contributed by atoms with Crippen LogP contribution in [-0.2, 0) is 41.7 Å². The Labute approximate surface area is 235 Å². The normalized spacial score (nSPS) is 19.5. The summed E-state index contributed by atoms with van der Waals surface area (Å²) < 4.78 is 51.9. The van der Waals surface area contributed by atoms with Gasteiger partial charge in [-0.15, -0.1) is 0 Å². The van der Waals surface area contributed by atoms with Crippen molar-refractivity contribution in [3.63, 3.8) is 0 Å². The number of ether oxygens (including phenoxy) is 6. The molecule has 6 atom stereocenters. The van der Waals surface area contributed by atoms with E-state index in [1.54, 1.807) is 21.3 Å². The van der Waals surface area contributed by atoms with Crippen LogP contribution in [-0.4, -0.2) is 101 Å². The van der Waals surface area contributed by atoms with E-state index in [1.807, 2.05) is 78.1 Å². The molecule has 0 saturated carbocycles. The zero-order chi connectivity index (χ0) is 28.4. The number of hydrogen-bond acceptors (Lipinski definition) is 10. The molecule has 0 aliphatic heterocycles. The molecular formula is C25H49NO9Si3. The van der Waals surface area contributed by atoms with Gasteiger partial charge in [0.1, 0.15) is 18.9 Å². The Morgan fingerprint density at radius 1 is 0.658 bits per heavy atom. The van der Waals surface area contributed by atoms with Crippen molar-refractivity contribution in [2.45, 2.75) is 90.0 Å². The SMILES string of the molecule is COC(C)OC(C)O[SiH2]C(CCN=Cc1ccccc1)([SiH2]OC(C)OC(C)OC)[SiH2]OC(C)OC(C)OC. The molecule has 1 aromatic rings. The van der Waals surface area contributed by atoms with Crippen molar-refractivity contribution in [3.8, 4) is 0 Å². The molecule has 0 aromatic heterocycles. The molecule has 0 aliphatic rings. The molecule has 220 valence electrons. The lowest BCUT2D eigenvalue weighted by atomic mass is 10.2. The number of hydrogen-bond donors (Lipinski definition) is 0. The molecule has 1 aromatic carbocycles. The van der Waals surface area contributed by atoms with Crippen molar-refractivity contribution in [1.29, 1.82) is 0 Å². The monoisotopic (exact) mass is 591 g/mol. The molecule has 0 aliphatic carbocycles. The third-order valence-corrected chi connectivity index (χ3v) is 14.3. The summed E-state index contributed by atoms with van der Waals surface area (Å²) in [4.78, 5) is 4.71. The molecule has 0 amide bonds. The first kappa shape index (κ1) is 35.2. The van der Waals surface area contributed by atoms with E-state index < -0.39 is 48.2 Å². The summed E-state index contributed by atoms with van der Waals surface area (Å²) in [5.74, 6) is 0. The topological polar surface area (TPSA) is 95.4 Å². The Hall–Kier alpha value is -0.819. The van der Waals surface area contributed by atoms with Crippen LogP contribution in [0.15, 0.2) is 35.3 Å². The van der Waals surface area contributed by atoms with Gasteiger partial charge in [-0.1, -0.05) is 30.3 Å². The Bertz CT molecular complexity index is 695. The van der Waals surface area contributed by atoms with Crippen molar-refractivity contribution < 1.29 is 41.7 Å². The van der Waals surface area contributed by atoms with Gasteiger partial charge >= 0.3 is 0 Å². The van der Waals surface area contributed by atoms with Crippen LogP contribution in [0.3, 0.4) is 0 Å². The van der Waals surface area contributed by atoms with Crippen molar-refractivity contribution in [2.75, 3.05) is 27.9 Å². The maximum absolute atomic E-state index is 6.33. The quantitative estimate of drug-likeness (QED) is 0.114. The smallest absolute Gasteiger partial charge is 0.169 e. The fourth-order valence-electron chi connectivity index (χ4n) is 3.33. The summed E-state index contributed by atoms with van der Waals surface area (Å²) in [6.45, 7) is 11.8. The number of nitrogens with zero attached hydrogens (tertiary/aromatic N) is 1. The lowest BCUT2D eigenvalue weighted by molar-refractivity contribution is -0.195. The van der Waals surface area contributed by atoms with Crippen LogP contribution in [0.1, 0.15) is 53.5 Å². The van der Waals surface area contributed by atoms with Gasteiger partial charge in [-0.3, -0.25) is 4.99 Å². The van der Waals surface area contributed by atoms with E-state index in [1.165, 1.54) is 0 Å². The van der Waals surface area contributed by atoms with Crippen LogP contribution >= 0.6 is 0 Å². The largest absolute Gasteiger partial charge is 0.400 e. The van der Waals surface area contributed by atoms with E-state index in [-0.39, 0.29) is 23.2 Å². The number of methoxy groups -OCH3 is 3. The minimum absolute atomic E-state index is 0.177. The second-order valence-electron chi connectivity index (χ2n) is 9.15. The minimum Gasteiger partial charge on any atom is -0.400 e. The highest BCUT2D eigenvalue weighted by Crippen LogP contribution is 2.30. The van der Waals surface area contributed by atoms with Crippen molar-refractivity contribution in [1.82, 2.24) is 0 Å². The van der Waals surface area contributed by atoms with Gasteiger partial charge in [-0.25, -0.2) is 0 Å². The van der Waals surface area contributed by atoms with Crippen molar-refractivity contribution in [2.24, 2.45) is 4.99 Å². The molecule has 0 radical (unpaired) electrons. The van der Waals surface area contributed by atoms with Gasteiger partial charge < -0.3 is 41.7 Å². The molecule has 0 heterocycles. The van der Waals surface area contributed by atoms with E-state index in [9.17, 15) is 0 Å². The summed E-state index contributed by atoms with van der Waals surface area (Å²) in [6.07, 6.45) is 0.397. The van der Waals surface area contributed by atoms with Crippen LogP contribution in [0.2, 0.25) is 4.28 Å². The number of benzene rings is 1. The maximum Gasteiger partial charge on any atom is 0.169 e. The third-order valence-electron chi connectivity index (χ3n) is 5.83. The highest BCUT2D eigenvalue weighted by atomic mass is 28.4. The number of rotatable bonds is 22. The summed E-state index contributed by atoms with van der Waals surface area (Å²) in [6, 6.07) is 10.1. The first-order valence-electron chi connectivity index (χ1n) is 13.1. The van der Waals surface area contributed by atoms with Crippen LogP contribution < -0.4 is 0 Å². The van der Waals surface area contributed by atoms with Crippen molar-refractivity contribution >= 4 is 35.5 Å². The summed E-state index contributed by atoms with van der Waals surface area (Å²) >= 11 is 0. The highest BCUT2D eigenvalue weighted by Gasteiger charge is 2.36. The van der Waals surface area contributed by atoms with Gasteiger partial charge in [-0.05, 0) is 53.5 Å². The Morgan fingerprint density at radius 3 is 1.42 bits per heavy atom. The van der Waals surface area contributed by atoms with Crippen LogP contribution in [0, 0.1) is 0 Å². The van der Waals surface area contributed by atoms with Crippen molar-refractivity contribution in [3.05, 3.63) is 35.9 Å². The molecular weight excluding hydrogens is 543 g/mol. The maximum atomic E-state index is 6.33. The lowest BCUT2D eigenvalue weighted by Crippen LogP contribution is -2.43. The predicted molar refractivity (Wildman–Crippen MR) is 156 cm³/mol. The summed E-state index contributed by atoms with van der Waals surface area (Å²) in [5, 5.41) is 0. The Balaban J connectivity index is 3.04. The van der Waals surface area contributed by atoms with Gasteiger partial charge in [0.25, 0.3) is 0 Å². The van der Waals surface area contributed by atoms with Gasteiger partial charge in [0.15, 0.2) is 48.2 Å². The standard InChI is InChI=1S/C25H49NO9Si3/c1-18(27-7)30-21(4)33-36-25(37-34-22(5)31-19(2)28-8,38-35-23(6)32-20(3)29-9)15-16-26-17-24-13-11-10-12-14-24/h10-14,17-23H,15-16,36-38H2,1-9H3. The second kappa shape index (κ2) is 20.1. The second-order valence-corrected chi connectivity index (χ2v) is 18.5. The molecule has 0 spiro atoms. The highest BCUT2D eigenvalue weighted by molar-refractivity contribution is 6.74. The summed E-state index contributed by atoms with van der Waals surface area (Å²) in [7, 11) is 1.30. The lowest BCUT2D eigenvalue weighted by Gasteiger charge is -2.35. The number of aliphatic imine (C=N–C) groups is 1. The third kappa shape index (κ3) is 15.7. The van der Waals surface area contributed by atoms with E-state index in [0.717, 1.165) is 12.0 Å². The zero-order valence-electron chi connectivity index (χ0n) is 24.6. The Morgan fingerprint density at radius 2 is 1.05 bits per heavy atom. The molecule has 1 rings (SSSR count). The molecule has 10 nitrogen and oxygen atoms in total. The van der Waals surface area contributed by atoms with Gasteiger partial charge in [0.05, 0.1) is 0 Å². The summed E-state index contributed by atoms with van der Waals surface area (Å²) in [5.41, 5.74) is 1.07. The minimum atomic E-state index is -1.18. The molecule has 38 heavy (non-hydrogen) atoms. The fourth-order valence-corrected chi connectivity index (χ4v) is 9.36. The fraction of sp³-hybridized carbons (Fsp3) is 0.720. The predicted octanol–water partition coefficient (Wildman–Crippen LogP) is 1.94. The Kier molecular flexibility index (Phi) is 18.6. The molecule has 0 fully saturated rings. The van der Waals surface area contributed by atoms with Gasteiger partial charge in [0, 0.05) is 38.4 Å². The first-order valence-corrected chi connectivity index (χ1v) is 16.9. The molecule has 6 unspecified atom stereocenters. The van der Waals surface area contributed by atoms with Crippen LogP contribution in [0.4, 0.5) is 0 Å². The molecule has 0 saturated heterocycles. The molecule has 13 heteroatoms. The van der Waals surface area contributed by atoms with E-state index >= 15 is 0 Å². The van der Waals surface area contributed by atoms with E-state index in [4.69, 9.17) is 46.7 Å². The van der Waals surface area contributed by atoms with E-state index in [2.05, 4.69) is 0 Å². The average Bonchev–Trinajstić information content (AvgIpc) is 2.91. The zero-order valence-corrected chi connectivity index (χ0v) is 28.8. The van der Waals surface area contributed by atoms with E-state index in [0.29, 0.717) is 6.54 Å². The first-order chi connectivity index (χ1) is 18.1. The molecule has 0 N–H and O–H groups in total. The van der Waals surface area contributed by atoms with Crippen LogP contribution in [0.25, 0.3) is 0 Å². The van der Waals surface area contributed by atoms with Gasteiger partial charge in [0.2, 0.25) is 0 Å².